The Bertz CT molecular complexity index is 884. The number of hydrogen-bond acceptors (Lipinski definition) is 10. The molecule has 0 aromatic rings. The van der Waals surface area contributed by atoms with Crippen molar-refractivity contribution in [3.05, 3.63) is 0 Å². The Labute approximate surface area is 218 Å². The second kappa shape index (κ2) is 8.44. The van der Waals surface area contributed by atoms with E-state index in [0.29, 0.717) is 26.1 Å². The van der Waals surface area contributed by atoms with E-state index in [1.807, 2.05) is 0 Å². The van der Waals surface area contributed by atoms with E-state index < -0.39 is 76.4 Å². The molecule has 1 aliphatic heterocycles. The SMILES string of the molecule is CCN1C[C@]2(COC)[C@H](O)C[C@H](OC)[C@@]34[C@@H]5C[C@@]6(O)[C@H](O)[C@@H]5[C@@](O)([C@@H]([C@H](OC)[C@H]23)[C@@H]14)[C@@H](O)[C@@H]6OC.Cl. The molecule has 11 heteroatoms. The van der Waals surface area contributed by atoms with Crippen LogP contribution in [-0.2, 0) is 18.9 Å². The van der Waals surface area contributed by atoms with Crippen molar-refractivity contribution < 1.29 is 44.5 Å². The lowest BCUT2D eigenvalue weighted by molar-refractivity contribution is -0.320. The van der Waals surface area contributed by atoms with E-state index in [1.165, 1.54) is 7.11 Å². The Balaban J connectivity index is 0.00000267. The summed E-state index contributed by atoms with van der Waals surface area (Å²) in [6, 6.07) is -0.240. The van der Waals surface area contributed by atoms with Crippen molar-refractivity contribution in [1.82, 2.24) is 4.90 Å². The van der Waals surface area contributed by atoms with E-state index in [0.717, 1.165) is 0 Å². The average molecular weight is 536 g/mol. The zero-order chi connectivity index (χ0) is 25.3. The second-order valence-electron chi connectivity index (χ2n) is 12.1. The van der Waals surface area contributed by atoms with E-state index >= 15 is 0 Å². The molecule has 1 heterocycles. The first-order chi connectivity index (χ1) is 16.6. The highest BCUT2D eigenvalue weighted by molar-refractivity contribution is 5.85. The molecule has 1 saturated heterocycles. The standard InChI is InChI=1S/C25H41NO9.ClH/c1-6-26-9-22(10-32-2)12(27)7-13(33-3)24-11-8-23(30)19(28)14(11)25(31,20(29)21(23)35-5)15(18(24)26)16(34-4)17(22)24;/h11-21,27-31H,6-10H2,1-5H3;1H/t11-,12-,13+,14-,15+,16+,17-,18-,19-,20+,21+,22+,23-,24+,25-;/m1./s1. The van der Waals surface area contributed by atoms with E-state index in [1.54, 1.807) is 21.3 Å². The molecule has 0 aromatic heterocycles. The second-order valence-corrected chi connectivity index (χ2v) is 12.1. The molecular formula is C25H42ClNO9. The molecule has 5 saturated carbocycles. The molecule has 7 bridgehead atoms. The highest BCUT2D eigenvalue weighted by Crippen LogP contribution is 2.79. The first-order valence-electron chi connectivity index (χ1n) is 12.9. The predicted octanol–water partition coefficient (Wildman–Crippen LogP) is -1.37. The predicted molar refractivity (Wildman–Crippen MR) is 129 cm³/mol. The maximum atomic E-state index is 12.6. The number of hydrogen-bond donors (Lipinski definition) is 5. The van der Waals surface area contributed by atoms with E-state index in [4.69, 9.17) is 18.9 Å². The number of halogens is 1. The first kappa shape index (κ1) is 27.5. The summed E-state index contributed by atoms with van der Waals surface area (Å²) < 4.78 is 23.7. The lowest BCUT2D eigenvalue weighted by Gasteiger charge is -2.70. The zero-order valence-corrected chi connectivity index (χ0v) is 22.4. The van der Waals surface area contributed by atoms with Gasteiger partial charge in [0.15, 0.2) is 0 Å². The van der Waals surface area contributed by atoms with Crippen LogP contribution in [-0.4, -0.2) is 132 Å². The fourth-order valence-electron chi connectivity index (χ4n) is 11.0. The molecule has 6 fully saturated rings. The molecule has 5 aliphatic carbocycles. The summed E-state index contributed by atoms with van der Waals surface area (Å²) in [5.41, 5.74) is -4.81. The number of methoxy groups -OCH3 is 4. The van der Waals surface area contributed by atoms with Gasteiger partial charge in [-0.2, -0.15) is 0 Å². The van der Waals surface area contributed by atoms with Crippen molar-refractivity contribution in [2.75, 3.05) is 48.1 Å². The smallest absolute Gasteiger partial charge is 0.120 e. The summed E-state index contributed by atoms with van der Waals surface area (Å²) in [4.78, 5) is 2.29. The van der Waals surface area contributed by atoms with E-state index in [9.17, 15) is 25.5 Å². The van der Waals surface area contributed by atoms with Crippen LogP contribution in [0.1, 0.15) is 19.8 Å². The number of likely N-dealkylation sites (tertiary alicyclic amines) is 1. The highest BCUT2D eigenvalue weighted by Gasteiger charge is 2.90. The van der Waals surface area contributed by atoms with Gasteiger partial charge in [0.25, 0.3) is 0 Å². The minimum Gasteiger partial charge on any atom is -0.392 e. The number of aliphatic hydroxyl groups is 5. The van der Waals surface area contributed by atoms with Gasteiger partial charge in [0, 0.05) is 76.0 Å². The minimum absolute atomic E-state index is 0. The summed E-state index contributed by atoms with van der Waals surface area (Å²) in [5, 5.41) is 59.3. The molecule has 15 atom stereocenters. The van der Waals surface area contributed by atoms with Crippen molar-refractivity contribution in [2.45, 2.75) is 73.6 Å². The van der Waals surface area contributed by atoms with Gasteiger partial charge in [0.05, 0.1) is 31.0 Å². The third kappa shape index (κ3) is 2.55. The Morgan fingerprint density at radius 1 is 0.944 bits per heavy atom. The Morgan fingerprint density at radius 3 is 2.19 bits per heavy atom. The molecule has 0 aromatic carbocycles. The molecule has 0 amide bonds. The maximum Gasteiger partial charge on any atom is 0.120 e. The van der Waals surface area contributed by atoms with Crippen LogP contribution in [0.5, 0.6) is 0 Å². The number of fused-ring (bicyclic) bond motifs is 2. The molecule has 10 nitrogen and oxygen atoms in total. The third-order valence-electron chi connectivity index (χ3n) is 11.7. The van der Waals surface area contributed by atoms with Crippen LogP contribution in [0.2, 0.25) is 0 Å². The van der Waals surface area contributed by atoms with Crippen LogP contribution < -0.4 is 0 Å². The lowest BCUT2D eigenvalue weighted by Crippen LogP contribution is -2.81. The van der Waals surface area contributed by atoms with Gasteiger partial charge in [0.1, 0.15) is 23.4 Å². The van der Waals surface area contributed by atoms with E-state index in [-0.39, 0.29) is 30.8 Å². The molecule has 5 N–H and O–H groups in total. The summed E-state index contributed by atoms with van der Waals surface area (Å²) in [6.07, 6.45) is -4.95. The fourth-order valence-corrected chi connectivity index (χ4v) is 11.0. The topological polar surface area (TPSA) is 141 Å². The Morgan fingerprint density at radius 2 is 1.64 bits per heavy atom. The van der Waals surface area contributed by atoms with Crippen LogP contribution in [0.25, 0.3) is 0 Å². The van der Waals surface area contributed by atoms with Gasteiger partial charge in [-0.15, -0.1) is 12.4 Å². The van der Waals surface area contributed by atoms with Crippen LogP contribution in [0, 0.1) is 34.5 Å². The van der Waals surface area contributed by atoms with Gasteiger partial charge >= 0.3 is 0 Å². The maximum absolute atomic E-state index is 12.6. The minimum atomic E-state index is -1.76. The molecule has 208 valence electrons. The average Bonchev–Trinajstić information content (AvgIpc) is 3.19. The van der Waals surface area contributed by atoms with Crippen LogP contribution in [0.15, 0.2) is 0 Å². The molecular weight excluding hydrogens is 494 g/mol. The monoisotopic (exact) mass is 535 g/mol. The summed E-state index contributed by atoms with van der Waals surface area (Å²) in [7, 11) is 6.29. The van der Waals surface area contributed by atoms with Gasteiger partial charge in [-0.3, -0.25) is 4.90 Å². The van der Waals surface area contributed by atoms with Crippen molar-refractivity contribution in [3.63, 3.8) is 0 Å². The molecule has 6 aliphatic rings. The van der Waals surface area contributed by atoms with Crippen LogP contribution in [0.3, 0.4) is 0 Å². The van der Waals surface area contributed by atoms with Crippen LogP contribution in [0.4, 0.5) is 0 Å². The summed E-state index contributed by atoms with van der Waals surface area (Å²) in [5.74, 6) is -2.04. The van der Waals surface area contributed by atoms with E-state index in [2.05, 4.69) is 11.8 Å². The number of rotatable bonds is 6. The number of ether oxygens (including phenoxy) is 4. The quantitative estimate of drug-likeness (QED) is 0.277. The van der Waals surface area contributed by atoms with Gasteiger partial charge in [-0.1, -0.05) is 6.92 Å². The highest BCUT2D eigenvalue weighted by atomic mass is 35.5. The Hall–Kier alpha value is -0.110. The summed E-state index contributed by atoms with van der Waals surface area (Å²) >= 11 is 0. The normalized spacial score (nSPS) is 60.7. The van der Waals surface area contributed by atoms with Gasteiger partial charge in [0.2, 0.25) is 0 Å². The van der Waals surface area contributed by atoms with Gasteiger partial charge in [-0.25, -0.2) is 0 Å². The largest absolute Gasteiger partial charge is 0.392 e. The number of nitrogens with zero attached hydrogens (tertiary/aromatic N) is 1. The van der Waals surface area contributed by atoms with Crippen molar-refractivity contribution in [2.24, 2.45) is 34.5 Å². The van der Waals surface area contributed by atoms with Gasteiger partial charge < -0.3 is 44.5 Å². The number of aliphatic hydroxyl groups excluding tert-OH is 3. The molecule has 1 spiro atoms. The molecule has 36 heavy (non-hydrogen) atoms. The van der Waals surface area contributed by atoms with Crippen molar-refractivity contribution >= 4 is 12.4 Å². The van der Waals surface area contributed by atoms with Gasteiger partial charge in [-0.05, 0) is 18.9 Å². The summed E-state index contributed by atoms with van der Waals surface area (Å²) in [6.45, 7) is 3.58. The fraction of sp³-hybridized carbons (Fsp3) is 1.00. The molecule has 0 radical (unpaired) electrons. The van der Waals surface area contributed by atoms with Crippen LogP contribution >= 0.6 is 12.4 Å². The number of piperidine rings is 1. The van der Waals surface area contributed by atoms with Crippen molar-refractivity contribution in [3.8, 4) is 0 Å². The molecule has 0 unspecified atom stereocenters. The van der Waals surface area contributed by atoms with Crippen molar-refractivity contribution in [1.29, 1.82) is 0 Å². The third-order valence-corrected chi connectivity index (χ3v) is 11.7. The lowest BCUT2D eigenvalue weighted by atomic mass is 9.42. The molecule has 6 rings (SSSR count). The Kier molecular flexibility index (Phi) is 6.44. The first-order valence-corrected chi connectivity index (χ1v) is 12.9. The zero-order valence-electron chi connectivity index (χ0n) is 21.6.